The van der Waals surface area contributed by atoms with E-state index >= 15 is 0 Å². The summed E-state index contributed by atoms with van der Waals surface area (Å²) in [5.41, 5.74) is 10.9. The zero-order chi connectivity index (χ0) is 27.3. The smallest absolute Gasteiger partial charge is 0.216 e. The van der Waals surface area contributed by atoms with E-state index in [1.807, 2.05) is 18.2 Å². The Labute approximate surface area is 229 Å². The molecule has 4 aromatic carbocycles. The van der Waals surface area contributed by atoms with Gasteiger partial charge in [0.2, 0.25) is 5.69 Å². The third-order valence-corrected chi connectivity index (χ3v) is 8.13. The van der Waals surface area contributed by atoms with Gasteiger partial charge in [0.25, 0.3) is 0 Å². The highest BCUT2D eigenvalue weighted by Gasteiger charge is 2.26. The molecule has 190 valence electrons. The van der Waals surface area contributed by atoms with Gasteiger partial charge in [-0.15, -0.1) is 0 Å². The lowest BCUT2D eigenvalue weighted by Crippen LogP contribution is -2.30. The molecule has 39 heavy (non-hydrogen) atoms. The summed E-state index contributed by atoms with van der Waals surface area (Å²) in [7, 11) is 2.05. The van der Waals surface area contributed by atoms with E-state index in [1.54, 1.807) is 0 Å². The van der Waals surface area contributed by atoms with Crippen LogP contribution in [0.25, 0.3) is 44.3 Å². The topological polar surface area (TPSA) is 40.8 Å². The first-order chi connectivity index (χ1) is 18.8. The molecule has 0 aliphatic heterocycles. The number of rotatable bonds is 4. The van der Waals surface area contributed by atoms with E-state index in [9.17, 15) is 5.26 Å². The van der Waals surface area contributed by atoms with Gasteiger partial charge in [-0.25, -0.2) is 4.57 Å². The highest BCUT2D eigenvalue weighted by molar-refractivity contribution is 6.14. The van der Waals surface area contributed by atoms with Crippen LogP contribution in [0.3, 0.4) is 0 Å². The molecule has 6 aromatic rings. The molecule has 2 heterocycles. The zero-order valence-electron chi connectivity index (χ0n) is 23.0. The third kappa shape index (κ3) is 3.92. The molecule has 6 rings (SSSR count). The maximum atomic E-state index is 10.1. The Bertz CT molecular complexity index is 1920. The highest BCUT2D eigenvalue weighted by atomic mass is 16.3. The third-order valence-electron chi connectivity index (χ3n) is 8.13. The minimum atomic E-state index is -0.148. The molecule has 2 aromatic heterocycles. The number of aryl methyl sites for hydroxylation is 3. The summed E-state index contributed by atoms with van der Waals surface area (Å²) < 4.78 is 8.86. The molecule has 0 saturated carbocycles. The standard InChI is InChI=1S/C36H31N2O/c1-23-14-17-28-29-18-15-26(22-37)33(35(29)39-34(28)32(23)31-13-9-10-20-38(31)5)25-16-19-30(24(2)21-25)36(3,4)27-11-7-6-8-12-27/h6-21H,1-5H3/q+1. The molecule has 0 unspecified atom stereocenters. The fourth-order valence-corrected chi connectivity index (χ4v) is 6.01. The number of benzene rings is 4. The molecule has 0 saturated heterocycles. The first-order valence-electron chi connectivity index (χ1n) is 13.3. The predicted molar refractivity (Wildman–Crippen MR) is 159 cm³/mol. The van der Waals surface area contributed by atoms with Crippen LogP contribution in [0.1, 0.15) is 41.7 Å². The Morgan fingerprint density at radius 2 is 1.44 bits per heavy atom. The van der Waals surface area contributed by atoms with Crippen molar-refractivity contribution in [2.24, 2.45) is 7.05 Å². The van der Waals surface area contributed by atoms with E-state index in [2.05, 4.69) is 124 Å². The summed E-state index contributed by atoms with van der Waals surface area (Å²) in [6.45, 7) is 8.80. The van der Waals surface area contributed by atoms with Crippen LogP contribution in [0.2, 0.25) is 0 Å². The summed E-state index contributed by atoms with van der Waals surface area (Å²) in [4.78, 5) is 0. The lowest BCUT2D eigenvalue weighted by atomic mass is 9.75. The minimum Gasteiger partial charge on any atom is -0.454 e. The summed E-state index contributed by atoms with van der Waals surface area (Å²) in [5.74, 6) is 0. The average molecular weight is 508 g/mol. The average Bonchev–Trinajstić information content (AvgIpc) is 3.32. The van der Waals surface area contributed by atoms with Crippen LogP contribution in [0.4, 0.5) is 0 Å². The molecular weight excluding hydrogens is 476 g/mol. The molecule has 0 N–H and O–H groups in total. The minimum absolute atomic E-state index is 0.148. The Morgan fingerprint density at radius 1 is 0.744 bits per heavy atom. The summed E-state index contributed by atoms with van der Waals surface area (Å²) in [6, 6.07) is 34.0. The van der Waals surface area contributed by atoms with Crippen LogP contribution in [0.5, 0.6) is 0 Å². The van der Waals surface area contributed by atoms with Crippen molar-refractivity contribution in [2.45, 2.75) is 33.1 Å². The van der Waals surface area contributed by atoms with Gasteiger partial charge in [-0.1, -0.05) is 74.5 Å². The Balaban J connectivity index is 1.59. The number of nitriles is 1. The van der Waals surface area contributed by atoms with Gasteiger partial charge in [-0.3, -0.25) is 0 Å². The van der Waals surface area contributed by atoms with Gasteiger partial charge < -0.3 is 4.42 Å². The molecule has 0 bridgehead atoms. The molecule has 0 fully saturated rings. The second-order valence-electron chi connectivity index (χ2n) is 10.9. The SMILES string of the molecule is Cc1cc(-c2c(C#N)ccc3c2oc2c(-c4cccc[n+]4C)c(C)ccc23)ccc1C(C)(C)c1ccccc1. The van der Waals surface area contributed by atoms with E-state index in [4.69, 9.17) is 4.42 Å². The number of nitrogens with zero attached hydrogens (tertiary/aromatic N) is 2. The van der Waals surface area contributed by atoms with Gasteiger partial charge in [-0.2, -0.15) is 5.26 Å². The van der Waals surface area contributed by atoms with Gasteiger partial charge in [0.05, 0.1) is 17.2 Å². The van der Waals surface area contributed by atoms with Gasteiger partial charge in [0.15, 0.2) is 6.20 Å². The molecule has 3 nitrogen and oxygen atoms in total. The van der Waals surface area contributed by atoms with Crippen molar-refractivity contribution >= 4 is 21.9 Å². The summed E-state index contributed by atoms with van der Waals surface area (Å²) in [6.07, 6.45) is 2.05. The summed E-state index contributed by atoms with van der Waals surface area (Å²) in [5, 5.41) is 12.2. The Hall–Kier alpha value is -4.68. The van der Waals surface area contributed by atoms with Crippen LogP contribution in [-0.4, -0.2) is 0 Å². The quantitative estimate of drug-likeness (QED) is 0.224. The van der Waals surface area contributed by atoms with Crippen LogP contribution >= 0.6 is 0 Å². The number of hydrogen-bond acceptors (Lipinski definition) is 2. The van der Waals surface area contributed by atoms with Gasteiger partial charge in [0, 0.05) is 33.9 Å². The van der Waals surface area contributed by atoms with Crippen molar-refractivity contribution in [3.05, 3.63) is 125 Å². The molecule has 0 spiro atoms. The van der Waals surface area contributed by atoms with E-state index in [-0.39, 0.29) is 5.41 Å². The number of hydrogen-bond donors (Lipinski definition) is 0. The van der Waals surface area contributed by atoms with E-state index < -0.39 is 0 Å². The maximum Gasteiger partial charge on any atom is 0.216 e. The van der Waals surface area contributed by atoms with Gasteiger partial charge in [-0.05, 0) is 59.9 Å². The molecule has 0 amide bonds. The Morgan fingerprint density at radius 3 is 2.13 bits per heavy atom. The van der Waals surface area contributed by atoms with E-state index in [0.717, 1.165) is 49.9 Å². The number of pyridine rings is 1. The van der Waals surface area contributed by atoms with Crippen molar-refractivity contribution in [3.63, 3.8) is 0 Å². The van der Waals surface area contributed by atoms with Crippen molar-refractivity contribution in [1.29, 1.82) is 5.26 Å². The number of furan rings is 1. The monoisotopic (exact) mass is 507 g/mol. The number of aromatic nitrogens is 1. The van der Waals surface area contributed by atoms with Crippen molar-refractivity contribution in [3.8, 4) is 28.5 Å². The van der Waals surface area contributed by atoms with Crippen LogP contribution in [-0.2, 0) is 12.5 Å². The van der Waals surface area contributed by atoms with Gasteiger partial charge in [0.1, 0.15) is 18.2 Å². The molecule has 0 aliphatic carbocycles. The van der Waals surface area contributed by atoms with Crippen LogP contribution in [0.15, 0.2) is 102 Å². The second kappa shape index (κ2) is 9.26. The van der Waals surface area contributed by atoms with Crippen LogP contribution in [0, 0.1) is 25.2 Å². The van der Waals surface area contributed by atoms with Gasteiger partial charge >= 0.3 is 0 Å². The molecule has 0 radical (unpaired) electrons. The number of fused-ring (bicyclic) bond motifs is 3. The highest BCUT2D eigenvalue weighted by Crippen LogP contribution is 2.43. The first-order valence-corrected chi connectivity index (χ1v) is 13.3. The Kier molecular flexibility index (Phi) is 5.85. The van der Waals surface area contributed by atoms with Crippen molar-refractivity contribution in [1.82, 2.24) is 0 Å². The normalized spacial score (nSPS) is 11.7. The fraction of sp³-hybridized carbons (Fsp3) is 0.167. The van der Waals surface area contributed by atoms with Crippen LogP contribution < -0.4 is 4.57 Å². The molecular formula is C36H31N2O+. The molecule has 3 heteroatoms. The fourth-order valence-electron chi connectivity index (χ4n) is 6.01. The lowest BCUT2D eigenvalue weighted by molar-refractivity contribution is -0.660. The van der Waals surface area contributed by atoms with Crippen molar-refractivity contribution in [2.75, 3.05) is 0 Å². The zero-order valence-corrected chi connectivity index (χ0v) is 23.0. The second-order valence-corrected chi connectivity index (χ2v) is 10.9. The molecule has 0 atom stereocenters. The van der Waals surface area contributed by atoms with Crippen molar-refractivity contribution < 1.29 is 8.98 Å². The lowest BCUT2D eigenvalue weighted by Gasteiger charge is -2.28. The largest absolute Gasteiger partial charge is 0.454 e. The predicted octanol–water partition coefficient (Wildman–Crippen LogP) is 8.56. The maximum absolute atomic E-state index is 10.1. The van der Waals surface area contributed by atoms with E-state index in [0.29, 0.717) is 5.56 Å². The first kappa shape index (κ1) is 24.6. The van der Waals surface area contributed by atoms with E-state index in [1.165, 1.54) is 16.7 Å². The summed E-state index contributed by atoms with van der Waals surface area (Å²) >= 11 is 0. The molecule has 0 aliphatic rings.